The van der Waals surface area contributed by atoms with Gasteiger partial charge in [-0.1, -0.05) is 39.0 Å². The Morgan fingerprint density at radius 2 is 1.81 bits per heavy atom. The van der Waals surface area contributed by atoms with E-state index in [0.717, 1.165) is 30.7 Å². The molecule has 0 spiro atoms. The minimum atomic E-state index is 0.390. The molecule has 1 N–H and O–H groups in total. The fourth-order valence-electron chi connectivity index (χ4n) is 3.87. The van der Waals surface area contributed by atoms with Gasteiger partial charge < -0.3 is 10.1 Å². The van der Waals surface area contributed by atoms with Crippen LogP contribution in [0.1, 0.15) is 58.1 Å². The third kappa shape index (κ3) is 3.42. The van der Waals surface area contributed by atoms with Crippen LogP contribution in [0.5, 0.6) is 5.75 Å². The first-order chi connectivity index (χ1) is 10.0. The normalized spacial score (nSPS) is 29.0. The van der Waals surface area contributed by atoms with Crippen LogP contribution in [0.3, 0.4) is 0 Å². The summed E-state index contributed by atoms with van der Waals surface area (Å²) in [6.07, 6.45) is 5.55. The molecule has 0 aromatic heterocycles. The Kier molecular flexibility index (Phi) is 4.26. The van der Waals surface area contributed by atoms with E-state index in [-0.39, 0.29) is 0 Å². The van der Waals surface area contributed by atoms with Crippen LogP contribution in [0, 0.1) is 17.3 Å². The highest BCUT2D eigenvalue weighted by atomic mass is 16.5. The van der Waals surface area contributed by atoms with Crippen molar-refractivity contribution in [1.29, 1.82) is 0 Å². The number of rotatable bonds is 3. The maximum absolute atomic E-state index is 5.75. The van der Waals surface area contributed by atoms with E-state index in [0.29, 0.717) is 11.5 Å². The number of hydrogen-bond donors (Lipinski definition) is 1. The number of para-hydroxylation sites is 1. The van der Waals surface area contributed by atoms with Crippen LogP contribution in [0.25, 0.3) is 0 Å². The molecule has 0 saturated heterocycles. The fraction of sp³-hybridized carbons (Fsp3) is 0.684. The second kappa shape index (κ2) is 6.00. The van der Waals surface area contributed by atoms with E-state index >= 15 is 0 Å². The van der Waals surface area contributed by atoms with Gasteiger partial charge in [-0.25, -0.2) is 0 Å². The van der Waals surface area contributed by atoms with E-state index in [1.54, 1.807) is 0 Å². The van der Waals surface area contributed by atoms with Gasteiger partial charge in [0.25, 0.3) is 0 Å². The summed E-state index contributed by atoms with van der Waals surface area (Å²) in [4.78, 5) is 0. The minimum Gasteiger partial charge on any atom is -0.491 e. The summed E-state index contributed by atoms with van der Waals surface area (Å²) in [5, 5.41) is 3.74. The Morgan fingerprint density at radius 3 is 2.52 bits per heavy atom. The molecule has 0 radical (unpaired) electrons. The molecule has 1 heterocycles. The Hall–Kier alpha value is -1.02. The van der Waals surface area contributed by atoms with E-state index in [2.05, 4.69) is 50.4 Å². The van der Waals surface area contributed by atoms with E-state index in [9.17, 15) is 0 Å². The lowest BCUT2D eigenvalue weighted by Gasteiger charge is -2.37. The minimum absolute atomic E-state index is 0.390. The molecule has 2 heteroatoms. The maximum Gasteiger partial charge on any atom is 0.124 e. The second-order valence-electron chi connectivity index (χ2n) is 7.89. The zero-order chi connectivity index (χ0) is 14.9. The summed E-state index contributed by atoms with van der Waals surface area (Å²) in [7, 11) is 0. The van der Waals surface area contributed by atoms with Crippen LogP contribution in [0.2, 0.25) is 0 Å². The Labute approximate surface area is 129 Å². The van der Waals surface area contributed by atoms with Crippen LogP contribution in [-0.2, 0) is 0 Å². The molecule has 2 nitrogen and oxygen atoms in total. The predicted octanol–water partition coefficient (Wildman–Crippen LogP) is 4.56. The first-order valence-corrected chi connectivity index (χ1v) is 8.49. The van der Waals surface area contributed by atoms with Crippen molar-refractivity contribution in [1.82, 2.24) is 5.32 Å². The topological polar surface area (TPSA) is 21.3 Å². The van der Waals surface area contributed by atoms with Crippen molar-refractivity contribution in [3.8, 4) is 5.75 Å². The summed E-state index contributed by atoms with van der Waals surface area (Å²) in [6.45, 7) is 9.10. The lowest BCUT2D eigenvalue weighted by molar-refractivity contribution is 0.147. The molecule has 1 fully saturated rings. The van der Waals surface area contributed by atoms with Crippen molar-refractivity contribution in [3.05, 3.63) is 29.8 Å². The van der Waals surface area contributed by atoms with E-state index in [4.69, 9.17) is 4.74 Å². The number of hydrogen-bond acceptors (Lipinski definition) is 2. The van der Waals surface area contributed by atoms with Gasteiger partial charge in [0.1, 0.15) is 12.4 Å². The van der Waals surface area contributed by atoms with Gasteiger partial charge in [0.05, 0.1) is 6.04 Å². The van der Waals surface area contributed by atoms with E-state index in [1.807, 2.05) is 0 Å². The number of nitrogens with one attached hydrogen (secondary N) is 1. The summed E-state index contributed by atoms with van der Waals surface area (Å²) in [5.74, 6) is 2.81. The highest BCUT2D eigenvalue weighted by Crippen LogP contribution is 2.40. The zero-order valence-corrected chi connectivity index (χ0v) is 13.7. The molecular weight excluding hydrogens is 258 g/mol. The van der Waals surface area contributed by atoms with Gasteiger partial charge in [0.15, 0.2) is 0 Å². The number of benzene rings is 1. The second-order valence-corrected chi connectivity index (χ2v) is 7.89. The fourth-order valence-corrected chi connectivity index (χ4v) is 3.87. The smallest absolute Gasteiger partial charge is 0.124 e. The monoisotopic (exact) mass is 287 g/mol. The summed E-state index contributed by atoms with van der Waals surface area (Å²) < 4.78 is 5.75. The summed E-state index contributed by atoms with van der Waals surface area (Å²) in [6, 6.07) is 8.81. The molecule has 116 valence electrons. The Balaban J connectivity index is 1.47. The summed E-state index contributed by atoms with van der Waals surface area (Å²) in [5.41, 5.74) is 1.82. The average Bonchev–Trinajstić information content (AvgIpc) is 2.88. The van der Waals surface area contributed by atoms with Crippen molar-refractivity contribution < 1.29 is 4.74 Å². The average molecular weight is 287 g/mol. The quantitative estimate of drug-likeness (QED) is 0.879. The Bertz CT molecular complexity index is 469. The van der Waals surface area contributed by atoms with Crippen molar-refractivity contribution in [3.63, 3.8) is 0 Å². The van der Waals surface area contributed by atoms with Gasteiger partial charge >= 0.3 is 0 Å². The van der Waals surface area contributed by atoms with E-state index in [1.165, 1.54) is 31.2 Å². The molecule has 1 unspecified atom stereocenters. The van der Waals surface area contributed by atoms with Gasteiger partial charge in [-0.05, 0) is 55.5 Å². The Morgan fingerprint density at radius 1 is 1.10 bits per heavy atom. The molecule has 2 aliphatic rings. The molecule has 0 bridgehead atoms. The van der Waals surface area contributed by atoms with E-state index < -0.39 is 0 Å². The molecule has 1 aromatic carbocycles. The molecule has 1 atom stereocenters. The van der Waals surface area contributed by atoms with Crippen LogP contribution >= 0.6 is 0 Å². The molecule has 1 aromatic rings. The first-order valence-electron chi connectivity index (χ1n) is 8.49. The van der Waals surface area contributed by atoms with Gasteiger partial charge in [0.2, 0.25) is 0 Å². The van der Waals surface area contributed by atoms with Crippen molar-refractivity contribution in [2.45, 2.75) is 52.5 Å². The lowest BCUT2D eigenvalue weighted by Crippen LogP contribution is -2.32. The zero-order valence-electron chi connectivity index (χ0n) is 13.7. The molecular formula is C19H29NO. The van der Waals surface area contributed by atoms with Crippen molar-refractivity contribution in [2.75, 3.05) is 13.2 Å². The third-order valence-corrected chi connectivity index (χ3v) is 5.42. The maximum atomic E-state index is 5.75. The predicted molar refractivity (Wildman–Crippen MR) is 87.6 cm³/mol. The molecule has 0 amide bonds. The van der Waals surface area contributed by atoms with Gasteiger partial charge in [0, 0.05) is 5.56 Å². The van der Waals surface area contributed by atoms with Crippen molar-refractivity contribution in [2.24, 2.45) is 17.3 Å². The van der Waals surface area contributed by atoms with Crippen LogP contribution in [0.4, 0.5) is 0 Å². The van der Waals surface area contributed by atoms with Gasteiger partial charge in [-0.2, -0.15) is 0 Å². The van der Waals surface area contributed by atoms with Crippen LogP contribution in [0.15, 0.2) is 24.3 Å². The largest absolute Gasteiger partial charge is 0.491 e. The van der Waals surface area contributed by atoms with Crippen LogP contribution in [-0.4, -0.2) is 13.2 Å². The van der Waals surface area contributed by atoms with Gasteiger partial charge in [-0.15, -0.1) is 0 Å². The van der Waals surface area contributed by atoms with Crippen LogP contribution < -0.4 is 10.1 Å². The number of fused-ring (bicyclic) bond motifs is 1. The van der Waals surface area contributed by atoms with Crippen molar-refractivity contribution >= 4 is 0 Å². The highest BCUT2D eigenvalue weighted by Gasteiger charge is 2.30. The SMILES string of the molecule is CC(C)(C)C1CCC(CNC2COc3ccccc32)CC1. The first kappa shape index (κ1) is 14.9. The molecule has 1 aliphatic carbocycles. The lowest BCUT2D eigenvalue weighted by atomic mass is 9.70. The molecule has 21 heavy (non-hydrogen) atoms. The highest BCUT2D eigenvalue weighted by molar-refractivity contribution is 5.39. The molecule has 1 saturated carbocycles. The molecule has 1 aliphatic heterocycles. The summed E-state index contributed by atoms with van der Waals surface area (Å²) >= 11 is 0. The standard InChI is InChI=1S/C19H29NO/c1-19(2,3)15-10-8-14(9-11-15)12-20-17-13-21-18-7-5-4-6-16(17)18/h4-7,14-15,17,20H,8-13H2,1-3H3. The number of ether oxygens (including phenoxy) is 1. The third-order valence-electron chi connectivity index (χ3n) is 5.42. The molecule has 3 rings (SSSR count). The van der Waals surface area contributed by atoms with Gasteiger partial charge in [-0.3, -0.25) is 0 Å².